The summed E-state index contributed by atoms with van der Waals surface area (Å²) in [7, 11) is 0. The Labute approximate surface area is 536 Å². The number of unbranched alkanes of at least 4 members (excludes halogenated alkanes) is 9. The number of amides is 8. The van der Waals surface area contributed by atoms with E-state index >= 15 is 0 Å². The molecular weight excluding hydrogens is 1220 g/mol. The van der Waals surface area contributed by atoms with Crippen LogP contribution in [0.1, 0.15) is 144 Å². The Hall–Kier alpha value is -4.92. The first-order chi connectivity index (χ1) is 43.6. The lowest BCUT2D eigenvalue weighted by Crippen LogP contribution is -2.64. The summed E-state index contributed by atoms with van der Waals surface area (Å²) in [5, 5.41) is 123. The predicted octanol–water partition coefficient (Wildman–Crippen LogP) is -5.40. The molecule has 3 fully saturated rings. The minimum absolute atomic E-state index is 0.121. The molecule has 0 saturated carbocycles. The number of nitrogens with one attached hydrogen (secondary N) is 8. The van der Waals surface area contributed by atoms with Crippen LogP contribution in [0.15, 0.2) is 0 Å². The van der Waals surface area contributed by atoms with Gasteiger partial charge in [-0.25, -0.2) is 0 Å². The number of ether oxygens (including phenoxy) is 7. The topological polar surface area (TPSA) is 500 Å². The summed E-state index contributed by atoms with van der Waals surface area (Å²) >= 11 is 0. The van der Waals surface area contributed by atoms with Gasteiger partial charge < -0.3 is 127 Å². The van der Waals surface area contributed by atoms with Crippen molar-refractivity contribution in [2.45, 2.75) is 260 Å². The van der Waals surface area contributed by atoms with E-state index in [0.29, 0.717) is 77.0 Å². The molecule has 0 aromatic heterocycles. The summed E-state index contributed by atoms with van der Waals surface area (Å²) in [6.45, 7) is 7.66. The molecule has 3 saturated heterocycles. The zero-order valence-electron chi connectivity index (χ0n) is 53.9. The molecule has 0 radical (unpaired) electrons. The molecule has 0 aromatic rings. The summed E-state index contributed by atoms with van der Waals surface area (Å²) < 4.78 is 39.6. The lowest BCUT2D eigenvalue weighted by Gasteiger charge is -2.42. The summed E-state index contributed by atoms with van der Waals surface area (Å²) in [5.41, 5.74) is -0.716. The highest BCUT2D eigenvalue weighted by atomic mass is 16.7. The molecule has 18 N–H and O–H groups in total. The first kappa shape index (κ1) is 81.3. The van der Waals surface area contributed by atoms with Crippen molar-refractivity contribution in [3.8, 4) is 0 Å². The third-order valence-electron chi connectivity index (χ3n) is 15.3. The summed E-state index contributed by atoms with van der Waals surface area (Å²) in [6.07, 6.45) is -11.6. The normalized spacial score (nSPS) is 27.5. The number of aliphatic hydroxyl groups excluding tert-OH is 10. The fourth-order valence-electron chi connectivity index (χ4n) is 10.2. The molecule has 0 aromatic carbocycles. The molecule has 33 nitrogen and oxygen atoms in total. The van der Waals surface area contributed by atoms with Crippen molar-refractivity contribution >= 4 is 47.3 Å². The molecule has 532 valence electrons. The van der Waals surface area contributed by atoms with Crippen molar-refractivity contribution in [2.24, 2.45) is 0 Å². The van der Waals surface area contributed by atoms with Crippen LogP contribution in [0.25, 0.3) is 0 Å². The SMILES string of the molecule is CC(=O)NC1C(OCCCCCCNC(=O)CCC(NC(=O)CCC(NC(=O)C(O)COC(C)(C)C)C(=O)NCCCCCCOC2OC(CO)C(O)C(O)C2NC(C)=O)C(=O)NCCCCCCOC2OC(CO)C(O)C(O)C2NC(C)=O)OC(CO)C(O)C1O. The van der Waals surface area contributed by atoms with Crippen LogP contribution in [0.5, 0.6) is 0 Å². The maximum atomic E-state index is 13.8. The molecule has 18 atom stereocenters. The minimum atomic E-state index is -1.68. The summed E-state index contributed by atoms with van der Waals surface area (Å²) in [4.78, 5) is 103. The quantitative estimate of drug-likeness (QED) is 0.0253. The molecule has 0 aliphatic carbocycles. The molecular formula is C59H106N8O25. The van der Waals surface area contributed by atoms with E-state index in [1.54, 1.807) is 20.8 Å². The van der Waals surface area contributed by atoms with Crippen molar-refractivity contribution in [3.05, 3.63) is 0 Å². The highest BCUT2D eigenvalue weighted by Crippen LogP contribution is 2.26. The van der Waals surface area contributed by atoms with Crippen molar-refractivity contribution < 1.29 is 123 Å². The Morgan fingerprint density at radius 2 is 0.761 bits per heavy atom. The largest absolute Gasteiger partial charge is 0.394 e. The Morgan fingerprint density at radius 1 is 0.435 bits per heavy atom. The van der Waals surface area contributed by atoms with Crippen molar-refractivity contribution in [1.29, 1.82) is 0 Å². The Morgan fingerprint density at radius 3 is 1.10 bits per heavy atom. The summed E-state index contributed by atoms with van der Waals surface area (Å²) in [6, 6.07) is -5.83. The van der Waals surface area contributed by atoms with Gasteiger partial charge in [0.2, 0.25) is 41.4 Å². The van der Waals surface area contributed by atoms with Gasteiger partial charge in [-0.05, 0) is 72.1 Å². The van der Waals surface area contributed by atoms with E-state index in [4.69, 9.17) is 33.2 Å². The third kappa shape index (κ3) is 29.8. The van der Waals surface area contributed by atoms with E-state index < -0.39 is 196 Å². The zero-order valence-corrected chi connectivity index (χ0v) is 53.9. The van der Waals surface area contributed by atoms with Gasteiger partial charge in [-0.3, -0.25) is 38.4 Å². The van der Waals surface area contributed by atoms with Gasteiger partial charge in [-0.15, -0.1) is 0 Å². The van der Waals surface area contributed by atoms with Gasteiger partial charge in [-0.1, -0.05) is 38.5 Å². The van der Waals surface area contributed by atoms with Crippen LogP contribution >= 0.6 is 0 Å². The minimum Gasteiger partial charge on any atom is -0.394 e. The molecule has 3 aliphatic rings. The van der Waals surface area contributed by atoms with Crippen molar-refractivity contribution in [3.63, 3.8) is 0 Å². The van der Waals surface area contributed by atoms with Crippen LogP contribution in [-0.2, 0) is 71.5 Å². The second-order valence-electron chi connectivity index (χ2n) is 24.3. The molecule has 92 heavy (non-hydrogen) atoms. The Balaban J connectivity index is 1.59. The third-order valence-corrected chi connectivity index (χ3v) is 15.3. The average molecular weight is 1330 g/mol. The first-order valence-corrected chi connectivity index (χ1v) is 31.9. The van der Waals surface area contributed by atoms with Crippen LogP contribution in [0, 0.1) is 0 Å². The highest BCUT2D eigenvalue weighted by molar-refractivity contribution is 5.91. The lowest BCUT2D eigenvalue weighted by molar-refractivity contribution is -0.270. The Bertz CT molecular complexity index is 2220. The van der Waals surface area contributed by atoms with Crippen LogP contribution in [0.4, 0.5) is 0 Å². The van der Waals surface area contributed by atoms with Crippen LogP contribution in [0.3, 0.4) is 0 Å². The fourth-order valence-corrected chi connectivity index (χ4v) is 10.2. The van der Waals surface area contributed by atoms with Gasteiger partial charge in [0, 0.05) is 73.1 Å². The van der Waals surface area contributed by atoms with Gasteiger partial charge >= 0.3 is 0 Å². The van der Waals surface area contributed by atoms with E-state index in [9.17, 15) is 89.4 Å². The zero-order chi connectivity index (χ0) is 68.5. The second kappa shape index (κ2) is 43.2. The van der Waals surface area contributed by atoms with E-state index in [1.165, 1.54) is 20.8 Å². The number of rotatable bonds is 43. The maximum absolute atomic E-state index is 13.8. The van der Waals surface area contributed by atoms with Gasteiger partial charge in [0.15, 0.2) is 25.0 Å². The second-order valence-corrected chi connectivity index (χ2v) is 24.3. The van der Waals surface area contributed by atoms with Gasteiger partial charge in [0.05, 0.1) is 32.0 Å². The number of hydrogen-bond acceptors (Lipinski definition) is 25. The lowest BCUT2D eigenvalue weighted by atomic mass is 9.97. The average Bonchev–Trinajstić information content (AvgIpc) is 0.841. The predicted molar refractivity (Wildman–Crippen MR) is 322 cm³/mol. The molecule has 8 amide bonds. The van der Waals surface area contributed by atoms with E-state index in [2.05, 4.69) is 42.5 Å². The molecule has 33 heteroatoms. The molecule has 0 bridgehead atoms. The van der Waals surface area contributed by atoms with Crippen LogP contribution < -0.4 is 42.5 Å². The number of carbonyl (C=O) groups is 8. The Kier molecular flexibility index (Phi) is 38.2. The maximum Gasteiger partial charge on any atom is 0.251 e. The monoisotopic (exact) mass is 1330 g/mol. The number of carbonyl (C=O) groups excluding carboxylic acids is 8. The first-order valence-electron chi connectivity index (χ1n) is 31.9. The number of aliphatic hydroxyl groups is 10. The van der Waals surface area contributed by atoms with Gasteiger partial charge in [0.25, 0.3) is 5.91 Å². The summed E-state index contributed by atoms with van der Waals surface area (Å²) in [5.74, 6) is -4.79. The highest BCUT2D eigenvalue weighted by Gasteiger charge is 2.48. The van der Waals surface area contributed by atoms with E-state index in [1.807, 2.05) is 0 Å². The van der Waals surface area contributed by atoms with Crippen molar-refractivity contribution in [1.82, 2.24) is 42.5 Å². The molecule has 18 unspecified atom stereocenters. The molecule has 3 heterocycles. The van der Waals surface area contributed by atoms with E-state index in [0.717, 1.165) is 0 Å². The molecule has 3 aliphatic heterocycles. The molecule has 3 rings (SSSR count). The van der Waals surface area contributed by atoms with Gasteiger partial charge in [0.1, 0.15) is 85.1 Å². The van der Waals surface area contributed by atoms with Crippen LogP contribution in [-0.4, -0.2) is 280 Å². The number of hydrogen-bond donors (Lipinski definition) is 18. The fraction of sp³-hybridized carbons (Fsp3) is 0.864. The van der Waals surface area contributed by atoms with E-state index in [-0.39, 0.29) is 58.7 Å². The van der Waals surface area contributed by atoms with Gasteiger partial charge in [-0.2, -0.15) is 0 Å². The van der Waals surface area contributed by atoms with Crippen LogP contribution in [0.2, 0.25) is 0 Å². The van der Waals surface area contributed by atoms with Crippen molar-refractivity contribution in [2.75, 3.05) is 65.9 Å². The standard InChI is InChI=1S/C59H106N8O25/c1-33(71)63-44-50(80)47(77)39(29-68)90-56(44)86-26-16-10-7-13-23-60-42(75)21-19-36(53(83)61-24-14-8-11-17-27-87-57-45(64-34(2)72)51(81)48(78)40(30-69)91-57)66-43(76)22-20-37(67-55(85)38(74)32-89-59(4,5)6)54(84)62-25-15-9-12-18-28-88-58-46(65-35(3)73)52(82)49(79)41(31-70)92-58/h36-41,44-52,56-58,68-70,74,77-82H,7-32H2,1-6H3,(H,60,75)(H,61,83)(H,62,84)(H,63,71)(H,64,72)(H,65,73)(H,66,76)(H,67,85). The molecule has 0 spiro atoms. The smallest absolute Gasteiger partial charge is 0.251 e.